The van der Waals surface area contributed by atoms with Crippen LogP contribution in [-0.4, -0.2) is 17.1 Å². The lowest BCUT2D eigenvalue weighted by Gasteiger charge is -2.15. The van der Waals surface area contributed by atoms with Crippen LogP contribution in [0.15, 0.2) is 18.2 Å². The first-order valence-electron chi connectivity index (χ1n) is 5.47. The number of rotatable bonds is 4. The Morgan fingerprint density at radius 3 is 2.62 bits per heavy atom. The van der Waals surface area contributed by atoms with Gasteiger partial charge in [-0.05, 0) is 31.0 Å². The molecule has 0 fully saturated rings. The molecule has 0 heterocycles. The number of carbonyl (C=O) groups excluding carboxylic acids is 1. The molecular weight excluding hydrogens is 204 g/mol. The zero-order valence-corrected chi connectivity index (χ0v) is 9.66. The molecule has 4 heteroatoms. The standard InChI is InChI=1S/C12H18N2O2/c1-3-8(4-2)14-12(16)10-7-9(15)5-6-11(10)13/h5-8,15H,3-4,13H2,1-2H3,(H,14,16). The van der Waals surface area contributed by atoms with E-state index >= 15 is 0 Å². The van der Waals surface area contributed by atoms with Crippen LogP contribution in [0.5, 0.6) is 5.75 Å². The number of amides is 1. The van der Waals surface area contributed by atoms with Gasteiger partial charge in [-0.1, -0.05) is 13.8 Å². The van der Waals surface area contributed by atoms with Crippen LogP contribution in [0.4, 0.5) is 5.69 Å². The molecule has 1 rings (SSSR count). The second kappa shape index (κ2) is 5.39. The first-order chi connectivity index (χ1) is 7.58. The zero-order chi connectivity index (χ0) is 12.1. The van der Waals surface area contributed by atoms with Gasteiger partial charge in [0.2, 0.25) is 0 Å². The molecule has 0 unspecified atom stereocenters. The van der Waals surface area contributed by atoms with Gasteiger partial charge in [0, 0.05) is 11.7 Å². The number of hydrogen-bond acceptors (Lipinski definition) is 3. The maximum Gasteiger partial charge on any atom is 0.253 e. The molecular formula is C12H18N2O2. The van der Waals surface area contributed by atoms with Gasteiger partial charge in [0.05, 0.1) is 5.56 Å². The lowest BCUT2D eigenvalue weighted by molar-refractivity contribution is 0.0935. The van der Waals surface area contributed by atoms with Crippen molar-refractivity contribution in [1.82, 2.24) is 5.32 Å². The van der Waals surface area contributed by atoms with E-state index in [4.69, 9.17) is 5.73 Å². The number of benzene rings is 1. The summed E-state index contributed by atoms with van der Waals surface area (Å²) in [7, 11) is 0. The number of phenols is 1. The molecule has 0 bridgehead atoms. The summed E-state index contributed by atoms with van der Waals surface area (Å²) < 4.78 is 0. The van der Waals surface area contributed by atoms with Crippen molar-refractivity contribution in [2.24, 2.45) is 0 Å². The van der Waals surface area contributed by atoms with E-state index in [9.17, 15) is 9.90 Å². The fourth-order valence-corrected chi connectivity index (χ4v) is 1.50. The Labute approximate surface area is 95.5 Å². The normalized spacial score (nSPS) is 10.4. The molecule has 0 aliphatic rings. The lowest BCUT2D eigenvalue weighted by Crippen LogP contribution is -2.34. The topological polar surface area (TPSA) is 75.3 Å². The monoisotopic (exact) mass is 222 g/mol. The average Bonchev–Trinajstić information content (AvgIpc) is 2.28. The minimum atomic E-state index is -0.234. The van der Waals surface area contributed by atoms with Crippen molar-refractivity contribution in [3.05, 3.63) is 23.8 Å². The van der Waals surface area contributed by atoms with E-state index in [-0.39, 0.29) is 17.7 Å². The molecule has 0 atom stereocenters. The van der Waals surface area contributed by atoms with Gasteiger partial charge in [-0.25, -0.2) is 0 Å². The van der Waals surface area contributed by atoms with Gasteiger partial charge in [0.25, 0.3) is 5.91 Å². The Hall–Kier alpha value is -1.71. The minimum absolute atomic E-state index is 0.0453. The van der Waals surface area contributed by atoms with Crippen LogP contribution >= 0.6 is 0 Å². The fraction of sp³-hybridized carbons (Fsp3) is 0.417. The first-order valence-corrected chi connectivity index (χ1v) is 5.47. The predicted octanol–water partition coefficient (Wildman–Crippen LogP) is 1.89. The van der Waals surface area contributed by atoms with Crippen molar-refractivity contribution in [3.8, 4) is 5.75 Å². The maximum absolute atomic E-state index is 11.8. The van der Waals surface area contributed by atoms with Crippen LogP contribution in [0.1, 0.15) is 37.0 Å². The molecule has 0 aromatic heterocycles. The van der Waals surface area contributed by atoms with E-state index in [2.05, 4.69) is 5.32 Å². The Kier molecular flexibility index (Phi) is 4.17. The number of aromatic hydroxyl groups is 1. The van der Waals surface area contributed by atoms with E-state index in [1.807, 2.05) is 13.8 Å². The molecule has 1 aromatic carbocycles. The maximum atomic E-state index is 11.8. The summed E-state index contributed by atoms with van der Waals surface area (Å²) in [6.45, 7) is 4.03. The van der Waals surface area contributed by atoms with Gasteiger partial charge in [-0.15, -0.1) is 0 Å². The van der Waals surface area contributed by atoms with E-state index < -0.39 is 0 Å². The molecule has 0 saturated heterocycles. The molecule has 4 N–H and O–H groups in total. The average molecular weight is 222 g/mol. The van der Waals surface area contributed by atoms with Crippen LogP contribution < -0.4 is 11.1 Å². The van der Waals surface area contributed by atoms with Gasteiger partial charge in [-0.3, -0.25) is 4.79 Å². The Morgan fingerprint density at radius 1 is 1.44 bits per heavy atom. The quantitative estimate of drug-likeness (QED) is 0.538. The van der Waals surface area contributed by atoms with Crippen molar-refractivity contribution in [2.75, 3.05) is 5.73 Å². The summed E-state index contributed by atoms with van der Waals surface area (Å²) in [5.74, 6) is -0.189. The Bertz CT molecular complexity index is 373. The van der Waals surface area contributed by atoms with Gasteiger partial charge in [0.1, 0.15) is 5.75 Å². The molecule has 88 valence electrons. The van der Waals surface area contributed by atoms with Crippen molar-refractivity contribution in [1.29, 1.82) is 0 Å². The van der Waals surface area contributed by atoms with Crippen molar-refractivity contribution < 1.29 is 9.90 Å². The van der Waals surface area contributed by atoms with Crippen molar-refractivity contribution in [2.45, 2.75) is 32.7 Å². The molecule has 4 nitrogen and oxygen atoms in total. The van der Waals surface area contributed by atoms with Gasteiger partial charge in [0.15, 0.2) is 0 Å². The Morgan fingerprint density at radius 2 is 2.06 bits per heavy atom. The number of nitrogen functional groups attached to an aromatic ring is 1. The van der Waals surface area contributed by atoms with Crippen LogP contribution in [0.3, 0.4) is 0 Å². The third-order valence-corrected chi connectivity index (χ3v) is 2.60. The highest BCUT2D eigenvalue weighted by atomic mass is 16.3. The van der Waals surface area contributed by atoms with Gasteiger partial charge in [-0.2, -0.15) is 0 Å². The molecule has 0 saturated carbocycles. The summed E-state index contributed by atoms with van der Waals surface area (Å²) >= 11 is 0. The third-order valence-electron chi connectivity index (χ3n) is 2.60. The molecule has 0 radical (unpaired) electrons. The highest BCUT2D eigenvalue weighted by Crippen LogP contribution is 2.18. The second-order valence-electron chi connectivity index (χ2n) is 3.76. The summed E-state index contributed by atoms with van der Waals surface area (Å²) in [5, 5.41) is 12.2. The van der Waals surface area contributed by atoms with Crippen LogP contribution in [0.25, 0.3) is 0 Å². The number of hydrogen-bond donors (Lipinski definition) is 3. The lowest BCUT2D eigenvalue weighted by atomic mass is 10.1. The predicted molar refractivity (Wildman–Crippen MR) is 64.4 cm³/mol. The first kappa shape index (κ1) is 12.4. The number of anilines is 1. The molecule has 16 heavy (non-hydrogen) atoms. The minimum Gasteiger partial charge on any atom is -0.508 e. The summed E-state index contributed by atoms with van der Waals surface area (Å²) in [5.41, 5.74) is 6.38. The Balaban J connectivity index is 2.83. The molecule has 0 spiro atoms. The van der Waals surface area contributed by atoms with Gasteiger partial charge >= 0.3 is 0 Å². The largest absolute Gasteiger partial charge is 0.508 e. The highest BCUT2D eigenvalue weighted by Gasteiger charge is 2.13. The number of nitrogens with two attached hydrogens (primary N) is 1. The van der Waals surface area contributed by atoms with Crippen LogP contribution in [0, 0.1) is 0 Å². The van der Waals surface area contributed by atoms with Crippen LogP contribution in [-0.2, 0) is 0 Å². The number of phenolic OH excluding ortho intramolecular Hbond substituents is 1. The van der Waals surface area contributed by atoms with E-state index in [1.165, 1.54) is 18.2 Å². The molecule has 1 amide bonds. The van der Waals surface area contributed by atoms with Gasteiger partial charge < -0.3 is 16.2 Å². The number of carbonyl (C=O) groups is 1. The summed E-state index contributed by atoms with van der Waals surface area (Å²) in [6, 6.07) is 4.52. The highest BCUT2D eigenvalue weighted by molar-refractivity contribution is 5.99. The third kappa shape index (κ3) is 2.89. The summed E-state index contributed by atoms with van der Waals surface area (Å²) in [6.07, 6.45) is 1.75. The second-order valence-corrected chi connectivity index (χ2v) is 3.76. The zero-order valence-electron chi connectivity index (χ0n) is 9.66. The van der Waals surface area contributed by atoms with E-state index in [0.717, 1.165) is 12.8 Å². The number of nitrogens with one attached hydrogen (secondary N) is 1. The molecule has 0 aliphatic heterocycles. The van der Waals surface area contributed by atoms with E-state index in [1.54, 1.807) is 0 Å². The van der Waals surface area contributed by atoms with Crippen LogP contribution in [0.2, 0.25) is 0 Å². The summed E-state index contributed by atoms with van der Waals surface area (Å²) in [4.78, 5) is 11.8. The van der Waals surface area contributed by atoms with Crippen molar-refractivity contribution in [3.63, 3.8) is 0 Å². The molecule has 1 aromatic rings. The fourth-order valence-electron chi connectivity index (χ4n) is 1.50. The SMILES string of the molecule is CCC(CC)NC(=O)c1cc(O)ccc1N. The molecule has 0 aliphatic carbocycles. The smallest absolute Gasteiger partial charge is 0.253 e. The van der Waals surface area contributed by atoms with E-state index in [0.29, 0.717) is 11.3 Å². The van der Waals surface area contributed by atoms with Crippen molar-refractivity contribution >= 4 is 11.6 Å².